The van der Waals surface area contributed by atoms with Gasteiger partial charge in [0.25, 0.3) is 5.91 Å². The fourth-order valence-electron chi connectivity index (χ4n) is 3.06. The van der Waals surface area contributed by atoms with Crippen molar-refractivity contribution in [2.75, 3.05) is 5.73 Å². The predicted octanol–water partition coefficient (Wildman–Crippen LogP) is 2.54. The van der Waals surface area contributed by atoms with E-state index in [0.717, 1.165) is 23.0 Å². The van der Waals surface area contributed by atoms with Crippen molar-refractivity contribution in [1.82, 2.24) is 20.3 Å². The Morgan fingerprint density at radius 3 is 2.81 bits per heavy atom. The van der Waals surface area contributed by atoms with E-state index in [0.29, 0.717) is 0 Å². The number of benzene rings is 2. The Bertz CT molecular complexity index is 1140. The highest BCUT2D eigenvalue weighted by molar-refractivity contribution is 6.09. The van der Waals surface area contributed by atoms with Crippen LogP contribution in [0.15, 0.2) is 52.2 Å². The maximum absolute atomic E-state index is 11.9. The number of nitrogens with two attached hydrogens (primary N) is 1. The van der Waals surface area contributed by atoms with Crippen molar-refractivity contribution in [1.29, 1.82) is 0 Å². The minimum Gasteiger partial charge on any atom is -0.379 e. The number of aryl methyl sites for hydroxylation is 1. The minimum atomic E-state index is -0.580. The molecule has 0 aliphatic heterocycles. The number of nitrogen functional groups attached to an aromatic ring is 1. The molecule has 3 N–H and O–H groups in total. The number of amides is 1. The zero-order valence-corrected chi connectivity index (χ0v) is 14.0. The lowest BCUT2D eigenvalue weighted by Crippen LogP contribution is -2.19. The summed E-state index contributed by atoms with van der Waals surface area (Å²) in [7, 11) is 0. The van der Waals surface area contributed by atoms with Gasteiger partial charge in [0.1, 0.15) is 0 Å². The molecule has 0 saturated heterocycles. The number of hydrogen-bond acceptors (Lipinski definition) is 6. The van der Waals surface area contributed by atoms with Gasteiger partial charge in [0.2, 0.25) is 11.5 Å². The maximum atomic E-state index is 11.9. The molecule has 8 heteroatoms. The van der Waals surface area contributed by atoms with E-state index in [-0.39, 0.29) is 11.5 Å². The van der Waals surface area contributed by atoms with Gasteiger partial charge in [-0.3, -0.25) is 4.79 Å². The summed E-state index contributed by atoms with van der Waals surface area (Å²) >= 11 is 0. The second kappa shape index (κ2) is 6.32. The first-order valence-corrected chi connectivity index (χ1v) is 8.11. The Balaban J connectivity index is 1.64. The van der Waals surface area contributed by atoms with Crippen LogP contribution in [-0.4, -0.2) is 27.0 Å². The lowest BCUT2D eigenvalue weighted by atomic mass is 10.1. The van der Waals surface area contributed by atoms with E-state index in [1.807, 2.05) is 24.3 Å². The molecule has 0 aliphatic rings. The monoisotopic (exact) mass is 348 g/mol. The van der Waals surface area contributed by atoms with Crippen molar-refractivity contribution in [3.05, 3.63) is 53.7 Å². The summed E-state index contributed by atoms with van der Waals surface area (Å²) in [6.45, 7) is 3.02. The molecule has 0 saturated carbocycles. The Hall–Kier alpha value is -3.68. The molecule has 130 valence electrons. The SMILES string of the molecule is CCn1c2ccccc2c2cc(/C=N\NC(=O)c3nonc3N)ccc21. The molecule has 2 aromatic heterocycles. The number of hydrazone groups is 1. The van der Waals surface area contributed by atoms with E-state index in [2.05, 4.69) is 55.2 Å². The lowest BCUT2D eigenvalue weighted by molar-refractivity contribution is 0.0946. The third-order valence-corrected chi connectivity index (χ3v) is 4.22. The maximum Gasteiger partial charge on any atom is 0.297 e. The molecule has 0 aliphatic carbocycles. The van der Waals surface area contributed by atoms with Gasteiger partial charge in [0.15, 0.2) is 0 Å². The molecule has 2 heterocycles. The fourth-order valence-corrected chi connectivity index (χ4v) is 3.06. The quantitative estimate of drug-likeness (QED) is 0.435. The molecule has 2 aromatic carbocycles. The molecule has 4 aromatic rings. The topological polar surface area (TPSA) is 111 Å². The predicted molar refractivity (Wildman–Crippen MR) is 98.9 cm³/mol. The van der Waals surface area contributed by atoms with Crippen LogP contribution in [0.25, 0.3) is 21.8 Å². The third kappa shape index (κ3) is 2.57. The van der Waals surface area contributed by atoms with E-state index in [4.69, 9.17) is 5.73 Å². The van der Waals surface area contributed by atoms with E-state index in [1.165, 1.54) is 10.9 Å². The first kappa shape index (κ1) is 15.8. The molecule has 0 bridgehead atoms. The molecule has 8 nitrogen and oxygen atoms in total. The summed E-state index contributed by atoms with van der Waals surface area (Å²) in [6.07, 6.45) is 1.57. The van der Waals surface area contributed by atoms with Gasteiger partial charge >= 0.3 is 0 Å². The van der Waals surface area contributed by atoms with Crippen molar-refractivity contribution >= 4 is 39.7 Å². The third-order valence-electron chi connectivity index (χ3n) is 4.22. The average Bonchev–Trinajstić information content (AvgIpc) is 3.22. The van der Waals surface area contributed by atoms with Gasteiger partial charge in [-0.2, -0.15) is 5.10 Å². The highest BCUT2D eigenvalue weighted by Crippen LogP contribution is 2.29. The molecular formula is C18H16N6O2. The van der Waals surface area contributed by atoms with Gasteiger partial charge in [-0.1, -0.05) is 24.3 Å². The zero-order chi connectivity index (χ0) is 18.1. The second-order valence-electron chi connectivity index (χ2n) is 5.74. The van der Waals surface area contributed by atoms with Crippen LogP contribution >= 0.6 is 0 Å². The van der Waals surface area contributed by atoms with E-state index in [9.17, 15) is 4.79 Å². The summed E-state index contributed by atoms with van der Waals surface area (Å²) in [4.78, 5) is 11.9. The van der Waals surface area contributed by atoms with Crippen LogP contribution < -0.4 is 11.2 Å². The highest BCUT2D eigenvalue weighted by atomic mass is 16.6. The molecule has 4 rings (SSSR count). The number of para-hydroxylation sites is 1. The Morgan fingerprint density at radius 2 is 2.04 bits per heavy atom. The van der Waals surface area contributed by atoms with Crippen molar-refractivity contribution in [2.45, 2.75) is 13.5 Å². The molecule has 0 spiro atoms. The number of aromatic nitrogens is 3. The summed E-state index contributed by atoms with van der Waals surface area (Å²) < 4.78 is 6.66. The Morgan fingerprint density at radius 1 is 1.23 bits per heavy atom. The molecule has 0 radical (unpaired) electrons. The Kier molecular flexibility index (Phi) is 3.85. The van der Waals surface area contributed by atoms with Crippen LogP contribution in [0.1, 0.15) is 23.0 Å². The summed E-state index contributed by atoms with van der Waals surface area (Å²) in [5, 5.41) is 13.1. The largest absolute Gasteiger partial charge is 0.379 e. The van der Waals surface area contributed by atoms with Crippen LogP contribution in [0.5, 0.6) is 0 Å². The molecule has 0 fully saturated rings. The standard InChI is InChI=1S/C18H16N6O2/c1-2-24-14-6-4-3-5-12(14)13-9-11(7-8-15(13)24)10-20-21-18(25)16-17(19)23-26-22-16/h3-10H,2H2,1H3,(H2,19,23)(H,21,25)/b20-10-. The van der Waals surface area contributed by atoms with Gasteiger partial charge in [0, 0.05) is 28.4 Å². The molecular weight excluding hydrogens is 332 g/mol. The smallest absolute Gasteiger partial charge is 0.297 e. The number of rotatable bonds is 4. The van der Waals surface area contributed by atoms with Gasteiger partial charge < -0.3 is 10.3 Å². The first-order chi connectivity index (χ1) is 12.7. The van der Waals surface area contributed by atoms with Crippen LogP contribution in [-0.2, 0) is 6.54 Å². The van der Waals surface area contributed by atoms with Crippen molar-refractivity contribution in [2.24, 2.45) is 5.10 Å². The molecule has 0 unspecified atom stereocenters. The van der Waals surface area contributed by atoms with Gasteiger partial charge in [-0.15, -0.1) is 0 Å². The van der Waals surface area contributed by atoms with E-state index < -0.39 is 5.91 Å². The van der Waals surface area contributed by atoms with Crippen molar-refractivity contribution in [3.63, 3.8) is 0 Å². The van der Waals surface area contributed by atoms with Gasteiger partial charge in [0.05, 0.1) is 6.21 Å². The van der Waals surface area contributed by atoms with E-state index >= 15 is 0 Å². The lowest BCUT2D eigenvalue weighted by Gasteiger charge is -2.02. The van der Waals surface area contributed by atoms with Crippen LogP contribution in [0.3, 0.4) is 0 Å². The number of fused-ring (bicyclic) bond motifs is 3. The van der Waals surface area contributed by atoms with Gasteiger partial charge in [-0.25, -0.2) is 10.1 Å². The molecule has 0 atom stereocenters. The van der Waals surface area contributed by atoms with Crippen LogP contribution in [0, 0.1) is 0 Å². The van der Waals surface area contributed by atoms with Crippen LogP contribution in [0.4, 0.5) is 5.82 Å². The van der Waals surface area contributed by atoms with Gasteiger partial charge in [-0.05, 0) is 41.0 Å². The Labute approximate surface area is 148 Å². The van der Waals surface area contributed by atoms with Crippen molar-refractivity contribution < 1.29 is 9.42 Å². The summed E-state index contributed by atoms with van der Waals surface area (Å²) in [5.74, 6) is -0.657. The number of hydrogen-bond donors (Lipinski definition) is 2. The molecule has 26 heavy (non-hydrogen) atoms. The highest BCUT2D eigenvalue weighted by Gasteiger charge is 2.15. The van der Waals surface area contributed by atoms with Crippen LogP contribution in [0.2, 0.25) is 0 Å². The minimum absolute atomic E-state index is 0.0773. The fraction of sp³-hybridized carbons (Fsp3) is 0.111. The number of nitrogens with one attached hydrogen (secondary N) is 1. The second-order valence-corrected chi connectivity index (χ2v) is 5.74. The first-order valence-electron chi connectivity index (χ1n) is 8.11. The number of anilines is 1. The average molecular weight is 348 g/mol. The van der Waals surface area contributed by atoms with E-state index in [1.54, 1.807) is 6.21 Å². The van der Waals surface area contributed by atoms with Crippen molar-refractivity contribution in [3.8, 4) is 0 Å². The summed E-state index contributed by atoms with van der Waals surface area (Å²) in [6, 6.07) is 14.3. The zero-order valence-electron chi connectivity index (χ0n) is 14.0. The normalized spacial score (nSPS) is 11.6. The number of carbonyl (C=O) groups is 1. The molecule has 1 amide bonds. The number of carbonyl (C=O) groups excluding carboxylic acids is 1. The number of nitrogens with zero attached hydrogens (tertiary/aromatic N) is 4. The summed E-state index contributed by atoms with van der Waals surface area (Å²) in [5.41, 5.74) is 11.0.